The standard InChI is InChI=1S/C11H14F2O/c1-11(2,14)6-5-8-3-4-9(12)10(13)7-8/h3-4,7,14H,5-6H2,1-2H3. The van der Waals surface area contributed by atoms with Gasteiger partial charge in [-0.25, -0.2) is 8.78 Å². The number of hydrogen-bond donors (Lipinski definition) is 1. The van der Waals surface area contributed by atoms with Crippen molar-refractivity contribution < 1.29 is 13.9 Å². The molecule has 1 aromatic carbocycles. The first-order valence-corrected chi connectivity index (χ1v) is 4.55. The number of halogens is 2. The van der Waals surface area contributed by atoms with Gasteiger partial charge in [-0.3, -0.25) is 0 Å². The summed E-state index contributed by atoms with van der Waals surface area (Å²) in [6, 6.07) is 3.81. The van der Waals surface area contributed by atoms with Crippen LogP contribution in [0.5, 0.6) is 0 Å². The van der Waals surface area contributed by atoms with Crippen LogP contribution in [0.1, 0.15) is 25.8 Å². The van der Waals surface area contributed by atoms with Crippen molar-refractivity contribution in [3.8, 4) is 0 Å². The fourth-order valence-corrected chi connectivity index (χ4v) is 1.15. The zero-order valence-corrected chi connectivity index (χ0v) is 8.35. The first-order valence-electron chi connectivity index (χ1n) is 4.55. The van der Waals surface area contributed by atoms with Gasteiger partial charge in [0.25, 0.3) is 0 Å². The Kier molecular flexibility index (Phi) is 3.21. The average Bonchev–Trinajstić information content (AvgIpc) is 2.06. The molecule has 0 saturated carbocycles. The second kappa shape index (κ2) is 4.05. The minimum atomic E-state index is -0.836. The predicted molar refractivity (Wildman–Crippen MR) is 51.0 cm³/mol. The highest BCUT2D eigenvalue weighted by Crippen LogP contribution is 2.15. The van der Waals surface area contributed by atoms with Gasteiger partial charge in [0.1, 0.15) is 0 Å². The van der Waals surface area contributed by atoms with Crippen LogP contribution in [0.3, 0.4) is 0 Å². The minimum absolute atomic E-state index is 0.526. The molecule has 0 bridgehead atoms. The van der Waals surface area contributed by atoms with E-state index in [-0.39, 0.29) is 0 Å². The largest absolute Gasteiger partial charge is 0.390 e. The maximum atomic E-state index is 12.8. The molecule has 0 saturated heterocycles. The molecule has 78 valence electrons. The van der Waals surface area contributed by atoms with Crippen molar-refractivity contribution in [2.45, 2.75) is 32.3 Å². The summed E-state index contributed by atoms with van der Waals surface area (Å²) < 4.78 is 25.3. The molecular formula is C11H14F2O. The lowest BCUT2D eigenvalue weighted by molar-refractivity contribution is 0.0714. The normalized spacial score (nSPS) is 11.8. The van der Waals surface area contributed by atoms with Crippen molar-refractivity contribution in [3.05, 3.63) is 35.4 Å². The lowest BCUT2D eigenvalue weighted by Crippen LogP contribution is -2.19. The van der Waals surface area contributed by atoms with Gasteiger partial charge in [0, 0.05) is 0 Å². The maximum absolute atomic E-state index is 12.8. The van der Waals surface area contributed by atoms with E-state index in [0.717, 1.165) is 6.07 Å². The SMILES string of the molecule is CC(C)(O)CCc1ccc(F)c(F)c1. The van der Waals surface area contributed by atoms with Gasteiger partial charge < -0.3 is 5.11 Å². The quantitative estimate of drug-likeness (QED) is 0.795. The van der Waals surface area contributed by atoms with Gasteiger partial charge in [0.05, 0.1) is 5.60 Å². The molecule has 0 unspecified atom stereocenters. The van der Waals surface area contributed by atoms with Gasteiger partial charge in [-0.2, -0.15) is 0 Å². The van der Waals surface area contributed by atoms with Crippen molar-refractivity contribution in [2.75, 3.05) is 0 Å². The molecule has 0 spiro atoms. The highest BCUT2D eigenvalue weighted by atomic mass is 19.2. The first kappa shape index (κ1) is 11.1. The Bertz CT molecular complexity index is 316. The predicted octanol–water partition coefficient (Wildman–Crippen LogP) is 2.67. The van der Waals surface area contributed by atoms with Crippen molar-refractivity contribution in [3.63, 3.8) is 0 Å². The average molecular weight is 200 g/mol. The van der Waals surface area contributed by atoms with Gasteiger partial charge in [-0.05, 0) is 44.4 Å². The molecule has 1 rings (SSSR count). The highest BCUT2D eigenvalue weighted by molar-refractivity contribution is 5.18. The highest BCUT2D eigenvalue weighted by Gasteiger charge is 2.12. The van der Waals surface area contributed by atoms with E-state index < -0.39 is 17.2 Å². The Hall–Kier alpha value is -0.960. The molecule has 0 aliphatic rings. The molecule has 0 atom stereocenters. The zero-order chi connectivity index (χ0) is 10.8. The van der Waals surface area contributed by atoms with Gasteiger partial charge in [-0.1, -0.05) is 6.07 Å². The van der Waals surface area contributed by atoms with E-state index >= 15 is 0 Å². The molecule has 14 heavy (non-hydrogen) atoms. The summed E-state index contributed by atoms with van der Waals surface area (Å²) in [5, 5.41) is 9.44. The van der Waals surface area contributed by atoms with E-state index in [9.17, 15) is 13.9 Å². The van der Waals surface area contributed by atoms with Crippen LogP contribution >= 0.6 is 0 Å². The fourth-order valence-electron chi connectivity index (χ4n) is 1.15. The number of aryl methyl sites for hydroxylation is 1. The Morgan fingerprint density at radius 3 is 2.36 bits per heavy atom. The Morgan fingerprint density at radius 2 is 1.86 bits per heavy atom. The summed E-state index contributed by atoms with van der Waals surface area (Å²) in [7, 11) is 0. The molecule has 1 aromatic rings. The summed E-state index contributed by atoms with van der Waals surface area (Å²) in [6.45, 7) is 3.37. The van der Waals surface area contributed by atoms with Crippen molar-refractivity contribution >= 4 is 0 Å². The van der Waals surface area contributed by atoms with Crippen LogP contribution in [0.4, 0.5) is 8.78 Å². The number of hydrogen-bond acceptors (Lipinski definition) is 1. The Morgan fingerprint density at radius 1 is 1.21 bits per heavy atom. The smallest absolute Gasteiger partial charge is 0.159 e. The summed E-state index contributed by atoms with van der Waals surface area (Å²) in [4.78, 5) is 0. The summed E-state index contributed by atoms with van der Waals surface area (Å²) in [6.07, 6.45) is 1.07. The molecule has 0 aromatic heterocycles. The molecule has 1 N–H and O–H groups in total. The summed E-state index contributed by atoms with van der Waals surface area (Å²) in [5.74, 6) is -1.67. The number of rotatable bonds is 3. The zero-order valence-electron chi connectivity index (χ0n) is 8.35. The van der Waals surface area contributed by atoms with Gasteiger partial charge >= 0.3 is 0 Å². The summed E-state index contributed by atoms with van der Waals surface area (Å²) in [5.41, 5.74) is -0.0729. The molecule has 0 aliphatic carbocycles. The number of aliphatic hydroxyl groups is 1. The molecule has 1 nitrogen and oxygen atoms in total. The van der Waals surface area contributed by atoms with E-state index in [4.69, 9.17) is 0 Å². The first-order chi connectivity index (χ1) is 6.38. The van der Waals surface area contributed by atoms with Gasteiger partial charge in [0.2, 0.25) is 0 Å². The van der Waals surface area contributed by atoms with Crippen LogP contribution in [-0.2, 0) is 6.42 Å². The third-order valence-corrected chi connectivity index (χ3v) is 2.01. The lowest BCUT2D eigenvalue weighted by Gasteiger charge is -2.16. The second-order valence-electron chi connectivity index (χ2n) is 4.06. The van der Waals surface area contributed by atoms with E-state index in [1.165, 1.54) is 12.1 Å². The van der Waals surface area contributed by atoms with E-state index in [1.54, 1.807) is 13.8 Å². The van der Waals surface area contributed by atoms with Crippen molar-refractivity contribution in [1.29, 1.82) is 0 Å². The Balaban J connectivity index is 2.65. The summed E-state index contributed by atoms with van der Waals surface area (Å²) >= 11 is 0. The topological polar surface area (TPSA) is 20.2 Å². The monoisotopic (exact) mass is 200 g/mol. The van der Waals surface area contributed by atoms with Crippen LogP contribution in [0.2, 0.25) is 0 Å². The van der Waals surface area contributed by atoms with Crippen LogP contribution < -0.4 is 0 Å². The van der Waals surface area contributed by atoms with Crippen LogP contribution in [0, 0.1) is 11.6 Å². The van der Waals surface area contributed by atoms with Gasteiger partial charge in [-0.15, -0.1) is 0 Å². The van der Waals surface area contributed by atoms with Crippen LogP contribution in [0.25, 0.3) is 0 Å². The third kappa shape index (κ3) is 3.42. The molecule has 0 fully saturated rings. The fraction of sp³-hybridized carbons (Fsp3) is 0.455. The minimum Gasteiger partial charge on any atom is -0.390 e. The maximum Gasteiger partial charge on any atom is 0.159 e. The lowest BCUT2D eigenvalue weighted by atomic mass is 9.99. The molecular weight excluding hydrogens is 186 g/mol. The molecule has 3 heteroatoms. The molecule has 0 radical (unpaired) electrons. The molecule has 0 heterocycles. The van der Waals surface area contributed by atoms with Crippen molar-refractivity contribution in [1.82, 2.24) is 0 Å². The van der Waals surface area contributed by atoms with Crippen molar-refractivity contribution in [2.24, 2.45) is 0 Å². The molecule has 0 amide bonds. The van der Waals surface area contributed by atoms with Gasteiger partial charge in [0.15, 0.2) is 11.6 Å². The van der Waals surface area contributed by atoms with E-state index in [1.807, 2.05) is 0 Å². The number of benzene rings is 1. The molecule has 0 aliphatic heterocycles. The van der Waals surface area contributed by atoms with Crippen LogP contribution in [0.15, 0.2) is 18.2 Å². The Labute approximate surface area is 82.4 Å². The third-order valence-electron chi connectivity index (χ3n) is 2.01. The second-order valence-corrected chi connectivity index (χ2v) is 4.06. The van der Waals surface area contributed by atoms with E-state index in [0.29, 0.717) is 18.4 Å². The van der Waals surface area contributed by atoms with E-state index in [2.05, 4.69) is 0 Å². The van der Waals surface area contributed by atoms with Crippen LogP contribution in [-0.4, -0.2) is 10.7 Å².